The molecule has 1 saturated heterocycles. The molecular weight excluding hydrogens is 775 g/mol. The number of fused-ring (bicyclic) bond motifs is 4. The van der Waals surface area contributed by atoms with Gasteiger partial charge in [-0.3, -0.25) is 14.9 Å². The highest BCUT2D eigenvalue weighted by atomic mass is 28.4. The van der Waals surface area contributed by atoms with Crippen LogP contribution in [0.4, 0.5) is 5.69 Å². The highest BCUT2D eigenvalue weighted by Crippen LogP contribution is 2.64. The van der Waals surface area contributed by atoms with Gasteiger partial charge in [-0.25, -0.2) is 0 Å². The van der Waals surface area contributed by atoms with E-state index in [9.17, 15) is 15.2 Å². The fraction of sp³-hybridized carbons (Fsp3) is 0.711. The van der Waals surface area contributed by atoms with Gasteiger partial charge < -0.3 is 42.7 Å². The number of methoxy groups -OCH3 is 2. The average Bonchev–Trinajstić information content (AvgIpc) is 3.63. The highest BCUT2D eigenvalue weighted by Gasteiger charge is 2.73. The van der Waals surface area contributed by atoms with Gasteiger partial charge in [-0.1, -0.05) is 46.8 Å². The Morgan fingerprint density at radius 2 is 1.47 bits per heavy atom. The molecule has 0 aromatic heterocycles. The number of hydrogen-bond acceptors (Lipinski definition) is 12. The van der Waals surface area contributed by atoms with Crippen LogP contribution in [0.5, 0.6) is 5.75 Å². The topological polar surface area (TPSA) is 154 Å². The van der Waals surface area contributed by atoms with E-state index in [4.69, 9.17) is 37.6 Å². The monoisotopic (exact) mass is 841 g/mol. The third-order valence-electron chi connectivity index (χ3n) is 14.9. The van der Waals surface area contributed by atoms with Crippen LogP contribution < -0.4 is 4.74 Å². The van der Waals surface area contributed by atoms with Gasteiger partial charge in [0.15, 0.2) is 19.9 Å². The van der Waals surface area contributed by atoms with E-state index in [2.05, 4.69) is 33.9 Å². The summed E-state index contributed by atoms with van der Waals surface area (Å²) in [6.45, 7) is 21.1. The second-order valence-corrected chi connectivity index (χ2v) is 24.7. The molecule has 328 valence electrons. The maximum absolute atomic E-state index is 16.0. The lowest BCUT2D eigenvalue weighted by Gasteiger charge is -2.58. The summed E-state index contributed by atoms with van der Waals surface area (Å²) in [6, 6.07) is 13.9. The number of rotatable bonds is 13. The first-order valence-corrected chi connectivity index (χ1v) is 23.9. The van der Waals surface area contributed by atoms with E-state index < -0.39 is 71.4 Å². The molecule has 3 aliphatic carbocycles. The summed E-state index contributed by atoms with van der Waals surface area (Å²) < 4.78 is 52.4. The van der Waals surface area contributed by atoms with Crippen molar-refractivity contribution in [2.45, 2.75) is 154 Å². The molecule has 0 amide bonds. The number of benzene rings is 2. The number of ether oxygens (including phenoxy) is 7. The maximum atomic E-state index is 16.0. The van der Waals surface area contributed by atoms with Crippen LogP contribution in [0.25, 0.3) is 0 Å². The number of carbonyl (C=O) groups excluding carboxylic acids is 1. The minimum absolute atomic E-state index is 0.0265. The maximum Gasteiger partial charge on any atom is 0.269 e. The van der Waals surface area contributed by atoms with Crippen molar-refractivity contribution in [1.82, 2.24) is 0 Å². The fourth-order valence-electron chi connectivity index (χ4n) is 10.2. The smallest absolute Gasteiger partial charge is 0.269 e. The average molecular weight is 842 g/mol. The van der Waals surface area contributed by atoms with Gasteiger partial charge in [-0.15, -0.1) is 0 Å². The lowest BCUT2D eigenvalue weighted by Crippen LogP contribution is -2.70. The molecule has 0 radical (unpaired) electrons. The molecule has 2 aromatic carbocycles. The lowest BCUT2D eigenvalue weighted by molar-refractivity contribution is -0.384. The van der Waals surface area contributed by atoms with Gasteiger partial charge in [-0.2, -0.15) is 0 Å². The third-order valence-corrected chi connectivity index (χ3v) is 19.4. The molecule has 9 atom stereocenters. The minimum atomic E-state index is -2.57. The number of hydrogen-bond donors (Lipinski definition) is 1. The second kappa shape index (κ2) is 16.5. The van der Waals surface area contributed by atoms with Crippen molar-refractivity contribution in [3.05, 3.63) is 69.8 Å². The first-order valence-electron chi connectivity index (χ1n) is 20.9. The van der Waals surface area contributed by atoms with E-state index in [0.29, 0.717) is 18.4 Å². The third kappa shape index (κ3) is 8.30. The van der Waals surface area contributed by atoms with E-state index in [1.54, 1.807) is 19.2 Å². The van der Waals surface area contributed by atoms with Crippen molar-refractivity contribution >= 4 is 19.8 Å². The van der Waals surface area contributed by atoms with E-state index in [-0.39, 0.29) is 61.9 Å². The van der Waals surface area contributed by atoms with Crippen molar-refractivity contribution in [2.24, 2.45) is 22.7 Å². The molecule has 1 N–H and O–H groups in total. The van der Waals surface area contributed by atoms with Crippen LogP contribution in [-0.4, -0.2) is 93.2 Å². The molecule has 14 heteroatoms. The second-order valence-electron chi connectivity index (χ2n) is 19.9. The summed E-state index contributed by atoms with van der Waals surface area (Å²) in [7, 11) is 0.583. The Labute approximate surface area is 351 Å². The first-order chi connectivity index (χ1) is 27.5. The Bertz CT molecular complexity index is 1810. The van der Waals surface area contributed by atoms with Gasteiger partial charge in [0.25, 0.3) is 5.69 Å². The number of nitrogens with zero attached hydrogens (tertiary/aromatic N) is 1. The summed E-state index contributed by atoms with van der Waals surface area (Å²) in [5.41, 5.74) is -3.08. The number of ketones is 1. The predicted octanol–water partition coefficient (Wildman–Crippen LogP) is 8.14. The number of aliphatic hydroxyl groups is 1. The number of nitro groups is 1. The van der Waals surface area contributed by atoms with Gasteiger partial charge in [0, 0.05) is 42.9 Å². The van der Waals surface area contributed by atoms with E-state index >= 15 is 4.79 Å². The zero-order valence-electron chi connectivity index (χ0n) is 37.1. The van der Waals surface area contributed by atoms with Crippen LogP contribution in [0.1, 0.15) is 92.2 Å². The molecule has 1 aliphatic heterocycles. The van der Waals surface area contributed by atoms with Gasteiger partial charge in [-0.05, 0) is 93.6 Å². The predicted molar refractivity (Wildman–Crippen MR) is 223 cm³/mol. The van der Waals surface area contributed by atoms with Crippen molar-refractivity contribution < 1.29 is 52.4 Å². The van der Waals surface area contributed by atoms with Crippen molar-refractivity contribution in [3.63, 3.8) is 0 Å². The largest absolute Gasteiger partial charge is 0.497 e. The zero-order chi connectivity index (χ0) is 43.4. The van der Waals surface area contributed by atoms with Crippen LogP contribution >= 0.6 is 0 Å². The van der Waals surface area contributed by atoms with Crippen molar-refractivity contribution in [3.8, 4) is 5.75 Å². The van der Waals surface area contributed by atoms with E-state index in [1.807, 2.05) is 58.9 Å². The Morgan fingerprint density at radius 3 is 2.00 bits per heavy atom. The molecule has 3 saturated carbocycles. The summed E-state index contributed by atoms with van der Waals surface area (Å²) >= 11 is 0. The Hall–Kier alpha value is -2.79. The highest BCUT2D eigenvalue weighted by molar-refractivity contribution is 6.74. The molecule has 1 spiro atoms. The lowest BCUT2D eigenvalue weighted by atomic mass is 9.53. The summed E-state index contributed by atoms with van der Waals surface area (Å²) in [5.74, 6) is -1.53. The Kier molecular flexibility index (Phi) is 12.8. The fourth-order valence-corrected chi connectivity index (χ4v) is 11.5. The number of nitro benzene ring substituents is 1. The number of Topliss-reactive ketones (excluding diaryl/α,β-unsaturated/α-hetero) is 1. The van der Waals surface area contributed by atoms with Crippen LogP contribution in [0.3, 0.4) is 0 Å². The van der Waals surface area contributed by atoms with Gasteiger partial charge in [0.2, 0.25) is 0 Å². The molecule has 1 heterocycles. The van der Waals surface area contributed by atoms with Crippen molar-refractivity contribution in [1.29, 1.82) is 0 Å². The Balaban J connectivity index is 1.55. The van der Waals surface area contributed by atoms with E-state index in [1.165, 1.54) is 19.2 Å². The van der Waals surface area contributed by atoms with Crippen LogP contribution in [0.15, 0.2) is 48.5 Å². The van der Waals surface area contributed by atoms with Gasteiger partial charge in [0.05, 0.1) is 61.2 Å². The zero-order valence-corrected chi connectivity index (χ0v) is 38.1. The standard InChI is InChI=1S/C45H67NO12Si/c1-40(2,3)59(11,12)57-37-23-34-43(8,39(47)38(55-28-51-9)33-21-22-45(37,48)41(33,4)5)35(53-25-29-13-17-31(18-14-29)46(49)50)24-36(44(34)27-56-42(6,7)58-44)54-26-30-15-19-32(52-10)20-16-30/h13-20,33-38,48H,21-28H2,1-12H3/t33-,34+,35+,36-,37+,38-,43+,44-,45-/m1/s1. The molecular formula is C45H67NO12Si. The molecule has 6 rings (SSSR count). The van der Waals surface area contributed by atoms with Gasteiger partial charge in [0.1, 0.15) is 24.2 Å². The SMILES string of the molecule is COCO[C@H]1C(=O)[C@]2(C)[C@@H](OCc3ccc([N+](=O)[O-])cc3)C[C@@H](OCc3ccc(OC)cc3)[C@@]3(COC(C)(C)O3)[C@H]2C[C@H](O[Si](C)(C)C(C)(C)C)[C@]2(O)CC[C@H]1C2(C)C. The van der Waals surface area contributed by atoms with Crippen LogP contribution in [0.2, 0.25) is 18.1 Å². The number of non-ortho nitro benzene ring substituents is 1. The summed E-state index contributed by atoms with van der Waals surface area (Å²) in [4.78, 5) is 27.1. The van der Waals surface area contributed by atoms with Crippen molar-refractivity contribution in [2.75, 3.05) is 27.6 Å². The minimum Gasteiger partial charge on any atom is -0.497 e. The molecule has 0 unspecified atom stereocenters. The Morgan fingerprint density at radius 1 is 0.881 bits per heavy atom. The summed E-state index contributed by atoms with van der Waals surface area (Å²) in [6.07, 6.45) is -1.61. The van der Waals surface area contributed by atoms with Crippen LogP contribution in [-0.2, 0) is 50.9 Å². The van der Waals surface area contributed by atoms with Crippen LogP contribution in [0, 0.1) is 32.8 Å². The molecule has 4 fully saturated rings. The number of carbonyl (C=O) groups is 1. The molecule has 2 bridgehead atoms. The molecule has 59 heavy (non-hydrogen) atoms. The van der Waals surface area contributed by atoms with Gasteiger partial charge >= 0.3 is 0 Å². The molecule has 13 nitrogen and oxygen atoms in total. The molecule has 2 aromatic rings. The van der Waals surface area contributed by atoms with E-state index in [0.717, 1.165) is 11.3 Å². The normalized spacial score (nSPS) is 34.2. The molecule has 4 aliphatic rings. The summed E-state index contributed by atoms with van der Waals surface area (Å²) in [5, 5.41) is 24.7. The first kappa shape index (κ1) is 45.7. The quantitative estimate of drug-likeness (QED) is 0.0896.